The van der Waals surface area contributed by atoms with Crippen LogP contribution in [0.15, 0.2) is 96.6 Å². The third-order valence-corrected chi connectivity index (χ3v) is 3.05. The molecule has 0 aliphatic heterocycles. The van der Waals surface area contributed by atoms with E-state index >= 15 is 0 Å². The molecule has 0 atom stereocenters. The van der Waals surface area contributed by atoms with E-state index in [4.69, 9.17) is 11.6 Å². The van der Waals surface area contributed by atoms with Crippen LogP contribution in [0.4, 0.5) is 0 Å². The number of rotatable bonds is 2. The van der Waals surface area contributed by atoms with Gasteiger partial charge in [-0.05, 0) is 11.1 Å². The van der Waals surface area contributed by atoms with Gasteiger partial charge in [-0.2, -0.15) is 18.2 Å². The molecule has 3 rings (SSSR count). The monoisotopic (exact) mass is 350 g/mol. The van der Waals surface area contributed by atoms with Crippen molar-refractivity contribution in [2.45, 2.75) is 0 Å². The van der Waals surface area contributed by atoms with Crippen molar-refractivity contribution in [1.82, 2.24) is 0 Å². The standard InChI is InChI=1S/C14H12O.C5H4Cl.Fe/c15-14(13-8-2-1-3-9-13)11-10-12-6-4-5-7-12;6-5-3-1-2-4-5;/h1-11,15H;1-4H;/q;-1;+2/p-1. The minimum absolute atomic E-state index is 0. The summed E-state index contributed by atoms with van der Waals surface area (Å²) in [6, 6.07) is 16.8. The predicted molar refractivity (Wildman–Crippen MR) is 87.8 cm³/mol. The number of benzene rings is 1. The van der Waals surface area contributed by atoms with E-state index in [2.05, 4.69) is 0 Å². The fourth-order valence-electron chi connectivity index (χ4n) is 1.72. The van der Waals surface area contributed by atoms with E-state index in [0.717, 1.165) is 16.2 Å². The van der Waals surface area contributed by atoms with Gasteiger partial charge in [-0.3, -0.25) is 0 Å². The van der Waals surface area contributed by atoms with Crippen LogP contribution in [0.5, 0.6) is 0 Å². The molecule has 0 N–H and O–H groups in total. The Morgan fingerprint density at radius 1 is 1.00 bits per heavy atom. The Morgan fingerprint density at radius 3 is 2.18 bits per heavy atom. The van der Waals surface area contributed by atoms with E-state index in [1.807, 2.05) is 85.0 Å². The van der Waals surface area contributed by atoms with Crippen LogP contribution in [0.3, 0.4) is 0 Å². The van der Waals surface area contributed by atoms with Crippen molar-refractivity contribution >= 4 is 17.4 Å². The van der Waals surface area contributed by atoms with Gasteiger partial charge in [0.2, 0.25) is 0 Å². The maximum absolute atomic E-state index is 11.7. The van der Waals surface area contributed by atoms with Gasteiger partial charge in [0.25, 0.3) is 0 Å². The van der Waals surface area contributed by atoms with Crippen LogP contribution in [0, 0.1) is 0 Å². The van der Waals surface area contributed by atoms with Crippen LogP contribution < -0.4 is 5.11 Å². The number of hydrogen-bond donors (Lipinski definition) is 0. The summed E-state index contributed by atoms with van der Waals surface area (Å²) in [5.41, 5.74) is 1.78. The Bertz CT molecular complexity index is 651. The molecular weight excluding hydrogens is 336 g/mol. The minimum Gasteiger partial charge on any atom is -0.872 e. The zero-order valence-corrected chi connectivity index (χ0v) is 13.7. The average molecular weight is 351 g/mol. The summed E-state index contributed by atoms with van der Waals surface area (Å²) in [4.78, 5) is 0. The van der Waals surface area contributed by atoms with Crippen molar-refractivity contribution in [3.8, 4) is 0 Å². The number of halogens is 1. The number of hydrogen-bond acceptors (Lipinski definition) is 1. The Balaban J connectivity index is 0.000000293. The van der Waals surface area contributed by atoms with Crippen LogP contribution in [0.25, 0.3) is 5.76 Å². The first-order valence-electron chi connectivity index (χ1n) is 6.62. The summed E-state index contributed by atoms with van der Waals surface area (Å²) >= 11 is 5.46. The van der Waals surface area contributed by atoms with Gasteiger partial charge in [0.05, 0.1) is 0 Å². The van der Waals surface area contributed by atoms with Crippen molar-refractivity contribution in [2.24, 2.45) is 0 Å². The van der Waals surface area contributed by atoms with Gasteiger partial charge < -0.3 is 5.11 Å². The predicted octanol–water partition coefficient (Wildman–Crippen LogP) is 4.50. The normalized spacial score (nSPS) is 12.4. The largest absolute Gasteiger partial charge is 2.00 e. The molecule has 0 amide bonds. The molecule has 112 valence electrons. The number of allylic oxidation sites excluding steroid dienone is 7. The summed E-state index contributed by atoms with van der Waals surface area (Å²) in [6.45, 7) is 0. The van der Waals surface area contributed by atoms with Gasteiger partial charge in [-0.1, -0.05) is 71.8 Å². The quantitative estimate of drug-likeness (QED) is 0.444. The molecule has 0 spiro atoms. The molecule has 0 saturated heterocycles. The Morgan fingerprint density at radius 2 is 1.68 bits per heavy atom. The summed E-state index contributed by atoms with van der Waals surface area (Å²) < 4.78 is 0. The van der Waals surface area contributed by atoms with Crippen molar-refractivity contribution in [1.29, 1.82) is 0 Å². The Hall–Kier alpha value is -1.86. The molecule has 2 aromatic carbocycles. The van der Waals surface area contributed by atoms with Crippen LogP contribution in [0.1, 0.15) is 5.56 Å². The van der Waals surface area contributed by atoms with Crippen LogP contribution in [-0.4, -0.2) is 0 Å². The molecular formula is C19H15ClFeO. The fourth-order valence-corrected chi connectivity index (χ4v) is 1.87. The second kappa shape index (κ2) is 9.96. The van der Waals surface area contributed by atoms with E-state index < -0.39 is 0 Å². The zero-order chi connectivity index (χ0) is 14.9. The van der Waals surface area contributed by atoms with Gasteiger partial charge in [-0.15, -0.1) is 17.4 Å². The zero-order valence-electron chi connectivity index (χ0n) is 11.8. The molecule has 22 heavy (non-hydrogen) atoms. The molecule has 0 radical (unpaired) electrons. The third-order valence-electron chi connectivity index (χ3n) is 2.80. The SMILES string of the molecule is Clc1ccc[cH-]1.[Fe+2].[O-]C(=CC=C1C=CC=C1)c1ccccc1. The second-order valence-corrected chi connectivity index (χ2v) is 4.82. The fraction of sp³-hybridized carbons (Fsp3) is 0. The molecule has 0 fully saturated rings. The van der Waals surface area contributed by atoms with Crippen LogP contribution >= 0.6 is 11.6 Å². The maximum Gasteiger partial charge on any atom is 2.00 e. The third kappa shape index (κ3) is 6.28. The van der Waals surface area contributed by atoms with Gasteiger partial charge in [-0.25, -0.2) is 6.07 Å². The Kier molecular flexibility index (Phi) is 8.24. The van der Waals surface area contributed by atoms with E-state index in [0.29, 0.717) is 0 Å². The molecule has 0 unspecified atom stereocenters. The molecule has 0 saturated carbocycles. The van der Waals surface area contributed by atoms with Gasteiger partial charge >= 0.3 is 17.1 Å². The smallest absolute Gasteiger partial charge is 0.872 e. The molecule has 1 aliphatic carbocycles. The minimum atomic E-state index is 0. The van der Waals surface area contributed by atoms with Gasteiger partial charge in [0.1, 0.15) is 0 Å². The van der Waals surface area contributed by atoms with Crippen LogP contribution in [-0.2, 0) is 17.1 Å². The van der Waals surface area contributed by atoms with Crippen LogP contribution in [0.2, 0.25) is 5.02 Å². The molecule has 0 bridgehead atoms. The summed E-state index contributed by atoms with van der Waals surface area (Å²) in [5, 5.41) is 12.5. The summed E-state index contributed by atoms with van der Waals surface area (Å²) in [6.07, 6.45) is 11.3. The molecule has 3 heteroatoms. The molecule has 0 heterocycles. The second-order valence-electron chi connectivity index (χ2n) is 4.38. The van der Waals surface area contributed by atoms with Gasteiger partial charge in [0.15, 0.2) is 0 Å². The van der Waals surface area contributed by atoms with Crippen molar-refractivity contribution in [3.63, 3.8) is 0 Å². The Labute approximate surface area is 146 Å². The first kappa shape index (κ1) is 18.2. The van der Waals surface area contributed by atoms with E-state index in [-0.39, 0.29) is 22.8 Å². The van der Waals surface area contributed by atoms with Crippen molar-refractivity contribution in [3.05, 3.63) is 107 Å². The molecule has 2 aromatic rings. The van der Waals surface area contributed by atoms with Crippen molar-refractivity contribution in [2.75, 3.05) is 0 Å². The summed E-state index contributed by atoms with van der Waals surface area (Å²) in [7, 11) is 0. The van der Waals surface area contributed by atoms with E-state index in [1.165, 1.54) is 0 Å². The summed E-state index contributed by atoms with van der Waals surface area (Å²) in [5.74, 6) is 0.0387. The topological polar surface area (TPSA) is 23.1 Å². The average Bonchev–Trinajstić information content (AvgIpc) is 3.20. The first-order valence-corrected chi connectivity index (χ1v) is 7.00. The van der Waals surface area contributed by atoms with Crippen molar-refractivity contribution < 1.29 is 22.2 Å². The van der Waals surface area contributed by atoms with Gasteiger partial charge in [0, 0.05) is 0 Å². The molecule has 1 nitrogen and oxygen atoms in total. The molecule has 1 aliphatic rings. The maximum atomic E-state index is 11.7. The first-order chi connectivity index (χ1) is 10.3. The van der Waals surface area contributed by atoms with E-state index in [1.54, 1.807) is 6.08 Å². The van der Waals surface area contributed by atoms with E-state index in [9.17, 15) is 5.11 Å². The molecule has 0 aromatic heterocycles.